The van der Waals surface area contributed by atoms with Crippen molar-refractivity contribution in [2.45, 2.75) is 112 Å². The molecule has 0 spiro atoms. The Bertz CT molecular complexity index is 620. The van der Waals surface area contributed by atoms with Gasteiger partial charge in [0.05, 0.1) is 6.10 Å². The van der Waals surface area contributed by atoms with Crippen molar-refractivity contribution in [1.82, 2.24) is 0 Å². The topological polar surface area (TPSA) is 20.2 Å². The van der Waals surface area contributed by atoms with Crippen LogP contribution in [0.3, 0.4) is 0 Å². The van der Waals surface area contributed by atoms with Gasteiger partial charge in [-0.1, -0.05) is 66.0 Å². The third kappa shape index (κ3) is 3.66. The molecule has 9 atom stereocenters. The van der Waals surface area contributed by atoms with Crippen molar-refractivity contribution in [1.29, 1.82) is 0 Å². The van der Waals surface area contributed by atoms with Crippen molar-refractivity contribution in [3.05, 3.63) is 11.6 Å². The summed E-state index contributed by atoms with van der Waals surface area (Å²) in [7, 11) is 0. The minimum atomic E-state index is -0.0790. The van der Waals surface area contributed by atoms with Crippen LogP contribution in [0.25, 0.3) is 0 Å². The second-order valence-electron chi connectivity index (χ2n) is 12.7. The lowest BCUT2D eigenvalue weighted by Crippen LogP contribution is -2.50. The molecule has 0 amide bonds. The van der Waals surface area contributed by atoms with Gasteiger partial charge in [0.25, 0.3) is 0 Å². The summed E-state index contributed by atoms with van der Waals surface area (Å²) in [5, 5.41) is 10.2. The number of hydrogen-bond donors (Lipinski definition) is 1. The van der Waals surface area contributed by atoms with Crippen LogP contribution in [-0.4, -0.2) is 11.2 Å². The average molecular weight is 401 g/mol. The maximum Gasteiger partial charge on any atom is 0.0577 e. The van der Waals surface area contributed by atoms with Gasteiger partial charge in [-0.15, -0.1) is 0 Å². The highest BCUT2D eigenvalue weighted by atomic mass is 16.3. The Hall–Kier alpha value is -0.300. The first-order valence-electron chi connectivity index (χ1n) is 13.0. The minimum Gasteiger partial charge on any atom is -0.393 e. The summed E-state index contributed by atoms with van der Waals surface area (Å²) in [6, 6.07) is 0. The molecular formula is C28H48O. The summed E-state index contributed by atoms with van der Waals surface area (Å²) in [4.78, 5) is 0. The Labute approximate surface area is 181 Å². The molecule has 0 aromatic heterocycles. The molecule has 0 heterocycles. The zero-order chi connectivity index (χ0) is 21.0. The van der Waals surface area contributed by atoms with Crippen LogP contribution in [0, 0.1) is 52.3 Å². The van der Waals surface area contributed by atoms with Gasteiger partial charge < -0.3 is 5.11 Å². The average Bonchev–Trinajstić information content (AvgIpc) is 3.03. The number of aliphatic hydroxyl groups excluding tert-OH is 1. The van der Waals surface area contributed by atoms with Crippen molar-refractivity contribution >= 4 is 0 Å². The van der Waals surface area contributed by atoms with E-state index in [1.807, 2.05) is 0 Å². The smallest absolute Gasteiger partial charge is 0.0577 e. The van der Waals surface area contributed by atoms with Gasteiger partial charge in [0, 0.05) is 0 Å². The predicted octanol–water partition coefficient (Wildman–Crippen LogP) is 7.63. The molecule has 0 unspecified atom stereocenters. The molecule has 0 bridgehead atoms. The molecule has 1 nitrogen and oxygen atoms in total. The fraction of sp³-hybridized carbons (Fsp3) is 0.929. The third-order valence-electron chi connectivity index (χ3n) is 11.1. The van der Waals surface area contributed by atoms with Crippen LogP contribution in [-0.2, 0) is 0 Å². The summed E-state index contributed by atoms with van der Waals surface area (Å²) >= 11 is 0. The molecule has 0 saturated heterocycles. The minimum absolute atomic E-state index is 0.0790. The van der Waals surface area contributed by atoms with E-state index in [4.69, 9.17) is 0 Å². The monoisotopic (exact) mass is 400 g/mol. The molecule has 166 valence electrons. The lowest BCUT2D eigenvalue weighted by atomic mass is 9.47. The fourth-order valence-electron chi connectivity index (χ4n) is 8.68. The molecule has 29 heavy (non-hydrogen) atoms. The maximum atomic E-state index is 10.2. The molecule has 0 aromatic carbocycles. The highest BCUT2D eigenvalue weighted by Crippen LogP contribution is 2.67. The first-order chi connectivity index (χ1) is 13.7. The Morgan fingerprint density at radius 3 is 2.45 bits per heavy atom. The van der Waals surface area contributed by atoms with E-state index in [9.17, 15) is 5.11 Å². The Morgan fingerprint density at radius 2 is 1.72 bits per heavy atom. The molecule has 3 fully saturated rings. The van der Waals surface area contributed by atoms with E-state index in [0.717, 1.165) is 54.3 Å². The third-order valence-corrected chi connectivity index (χ3v) is 11.1. The van der Waals surface area contributed by atoms with Gasteiger partial charge in [-0.05, 0) is 104 Å². The number of fused-ring (bicyclic) bond motifs is 5. The lowest BCUT2D eigenvalue weighted by molar-refractivity contribution is -0.0574. The van der Waals surface area contributed by atoms with Crippen LogP contribution < -0.4 is 0 Å². The quantitative estimate of drug-likeness (QED) is 0.470. The van der Waals surface area contributed by atoms with Crippen LogP contribution in [0.2, 0.25) is 0 Å². The highest BCUT2D eigenvalue weighted by Gasteiger charge is 2.59. The SMILES string of the molecule is CC(C)[C@H](C)CC[C@H](C)[C@@H]1CC[C@H]2[C@@H]3CC=C4C[C@@H](O)CC[C@]4(C)[C@H]3CC[C@@]21C. The van der Waals surface area contributed by atoms with Gasteiger partial charge in [0.2, 0.25) is 0 Å². The highest BCUT2D eigenvalue weighted by molar-refractivity contribution is 5.25. The standard InChI is InChI=1S/C28H48O/c1-18(2)19(3)7-8-20(4)24-11-12-25-23-10-9-21-17-22(29)13-15-27(21,5)26(23)14-16-28(24,25)6/h9,18-20,22-26,29H,7-8,10-17H2,1-6H3/t19-,20+,22+,23+,24+,25+,26+,27+,28-/m1/s1. The molecule has 0 aromatic rings. The summed E-state index contributed by atoms with van der Waals surface area (Å²) < 4.78 is 0. The van der Waals surface area contributed by atoms with Gasteiger partial charge in [-0.25, -0.2) is 0 Å². The van der Waals surface area contributed by atoms with Crippen molar-refractivity contribution in [3.63, 3.8) is 0 Å². The lowest BCUT2D eigenvalue weighted by Gasteiger charge is -2.58. The molecule has 0 aliphatic heterocycles. The van der Waals surface area contributed by atoms with Crippen molar-refractivity contribution in [2.75, 3.05) is 0 Å². The van der Waals surface area contributed by atoms with Crippen LogP contribution >= 0.6 is 0 Å². The van der Waals surface area contributed by atoms with Crippen LogP contribution in [0.1, 0.15) is 106 Å². The van der Waals surface area contributed by atoms with Gasteiger partial charge in [-0.3, -0.25) is 0 Å². The number of aliphatic hydroxyl groups is 1. The maximum absolute atomic E-state index is 10.2. The van der Waals surface area contributed by atoms with E-state index in [2.05, 4.69) is 47.6 Å². The van der Waals surface area contributed by atoms with Crippen molar-refractivity contribution in [3.8, 4) is 0 Å². The molecule has 0 radical (unpaired) electrons. The summed E-state index contributed by atoms with van der Waals surface area (Å²) in [6.45, 7) is 15.1. The molecule has 1 heteroatoms. The summed E-state index contributed by atoms with van der Waals surface area (Å²) in [6.07, 6.45) is 15.7. The Morgan fingerprint density at radius 1 is 0.966 bits per heavy atom. The van der Waals surface area contributed by atoms with Crippen molar-refractivity contribution < 1.29 is 5.11 Å². The predicted molar refractivity (Wildman–Crippen MR) is 124 cm³/mol. The number of allylic oxidation sites excluding steroid dienone is 1. The van der Waals surface area contributed by atoms with Crippen LogP contribution in [0.15, 0.2) is 11.6 Å². The Kier molecular flexibility index (Phi) is 6.04. The van der Waals surface area contributed by atoms with Gasteiger partial charge in [0.15, 0.2) is 0 Å². The number of rotatable bonds is 5. The van der Waals surface area contributed by atoms with E-state index in [0.29, 0.717) is 10.8 Å². The van der Waals surface area contributed by atoms with Gasteiger partial charge >= 0.3 is 0 Å². The zero-order valence-electron chi connectivity index (χ0n) is 20.2. The molecule has 4 rings (SSSR count). The van der Waals surface area contributed by atoms with E-state index >= 15 is 0 Å². The van der Waals surface area contributed by atoms with Gasteiger partial charge in [0.1, 0.15) is 0 Å². The fourth-order valence-corrected chi connectivity index (χ4v) is 8.68. The largest absolute Gasteiger partial charge is 0.393 e. The van der Waals surface area contributed by atoms with Crippen LogP contribution in [0.4, 0.5) is 0 Å². The summed E-state index contributed by atoms with van der Waals surface area (Å²) in [5.74, 6) is 6.24. The normalized spacial score (nSPS) is 46.5. The number of hydrogen-bond acceptors (Lipinski definition) is 1. The Balaban J connectivity index is 1.49. The van der Waals surface area contributed by atoms with E-state index in [1.165, 1.54) is 51.4 Å². The molecule has 1 N–H and O–H groups in total. The van der Waals surface area contributed by atoms with Gasteiger partial charge in [-0.2, -0.15) is 0 Å². The second kappa shape index (κ2) is 7.99. The second-order valence-corrected chi connectivity index (χ2v) is 12.7. The van der Waals surface area contributed by atoms with Crippen LogP contribution in [0.5, 0.6) is 0 Å². The van der Waals surface area contributed by atoms with E-state index in [1.54, 1.807) is 5.57 Å². The molecule has 4 aliphatic carbocycles. The first kappa shape index (κ1) is 21.9. The zero-order valence-corrected chi connectivity index (χ0v) is 20.2. The molecule has 4 aliphatic rings. The molecule has 3 saturated carbocycles. The molecular weight excluding hydrogens is 352 g/mol. The van der Waals surface area contributed by atoms with E-state index in [-0.39, 0.29) is 6.10 Å². The van der Waals surface area contributed by atoms with E-state index < -0.39 is 0 Å². The summed E-state index contributed by atoms with van der Waals surface area (Å²) in [5.41, 5.74) is 2.59. The van der Waals surface area contributed by atoms with Crippen molar-refractivity contribution in [2.24, 2.45) is 52.3 Å². The first-order valence-corrected chi connectivity index (χ1v) is 13.0.